The number of ether oxygens (including phenoxy) is 1. The number of allylic oxidation sites excluding steroid dienone is 1. The predicted octanol–water partition coefficient (Wildman–Crippen LogP) is 2.64. The number of carboxylic acids is 1. The number of nitrogens with zero attached hydrogens (tertiary/aromatic N) is 2. The van der Waals surface area contributed by atoms with Crippen molar-refractivity contribution in [3.63, 3.8) is 0 Å². The third-order valence-electron chi connectivity index (χ3n) is 5.16. The summed E-state index contributed by atoms with van der Waals surface area (Å²) in [6, 6.07) is 12.3. The summed E-state index contributed by atoms with van der Waals surface area (Å²) in [5, 5.41) is 9.39. The second-order valence-corrected chi connectivity index (χ2v) is 11.4. The molecule has 2 aromatic carbocycles. The number of rotatable bonds is 8. The van der Waals surface area contributed by atoms with E-state index in [2.05, 4.69) is 6.58 Å². The van der Waals surface area contributed by atoms with Gasteiger partial charge in [-0.3, -0.25) is 0 Å². The second kappa shape index (κ2) is 9.43. The molecule has 0 unspecified atom stereocenters. The van der Waals surface area contributed by atoms with Gasteiger partial charge in [-0.1, -0.05) is 40.0 Å². The van der Waals surface area contributed by atoms with Crippen molar-refractivity contribution in [2.45, 2.75) is 11.4 Å². The first-order valence-electron chi connectivity index (χ1n) is 10.1. The minimum absolute atomic E-state index is 0.0282. The van der Waals surface area contributed by atoms with Crippen LogP contribution in [-0.4, -0.2) is 45.0 Å². The molecule has 14 heteroatoms. The smallest absolute Gasteiger partial charge is 0.352 e. The Morgan fingerprint density at radius 3 is 2.56 bits per heavy atom. The molecule has 0 bridgehead atoms. The van der Waals surface area contributed by atoms with Crippen LogP contribution in [0.3, 0.4) is 0 Å². The van der Waals surface area contributed by atoms with E-state index in [0.717, 1.165) is 0 Å². The fraction of sp³-hybridized carbons (Fsp3) is 0.0909. The second-order valence-electron chi connectivity index (χ2n) is 7.50. The number of carboxylic acid groups (broad SMARTS) is 1. The standard InChI is InChI=1S/C22H18ClN3O8S2/c1-2-11-25-17(9-10-19(25)22(28)29)14-5-3-6-15(12-14)35(30,31)24-36(32,33)26-13-20(27)34-21-16(23)7-4-8-18(21)26/h2-10,12,24H,1,11,13H2,(H,28,29). The van der Waals surface area contributed by atoms with E-state index in [1.807, 2.05) is 0 Å². The highest BCUT2D eigenvalue weighted by molar-refractivity contribution is 8.05. The summed E-state index contributed by atoms with van der Waals surface area (Å²) < 4.78 is 60.9. The van der Waals surface area contributed by atoms with Crippen LogP contribution in [0.25, 0.3) is 11.3 Å². The summed E-state index contributed by atoms with van der Waals surface area (Å²) in [4.78, 5) is 23.1. The fourth-order valence-electron chi connectivity index (χ4n) is 3.64. The summed E-state index contributed by atoms with van der Waals surface area (Å²) in [5.41, 5.74) is 0.563. The summed E-state index contributed by atoms with van der Waals surface area (Å²) in [6.07, 6.45) is 1.48. The van der Waals surface area contributed by atoms with E-state index in [-0.39, 0.29) is 28.7 Å². The molecular weight excluding hydrogens is 534 g/mol. The number of aromatic nitrogens is 1. The van der Waals surface area contributed by atoms with E-state index in [0.29, 0.717) is 15.6 Å². The van der Waals surface area contributed by atoms with Crippen LogP contribution < -0.4 is 13.2 Å². The van der Waals surface area contributed by atoms with Crippen molar-refractivity contribution >= 4 is 49.5 Å². The molecule has 188 valence electrons. The molecule has 2 heterocycles. The third-order valence-corrected chi connectivity index (χ3v) is 8.96. The van der Waals surface area contributed by atoms with Crippen LogP contribution in [0.5, 0.6) is 5.75 Å². The zero-order chi connectivity index (χ0) is 26.3. The van der Waals surface area contributed by atoms with Gasteiger partial charge >= 0.3 is 22.1 Å². The maximum absolute atomic E-state index is 13.1. The third kappa shape index (κ3) is 4.73. The van der Waals surface area contributed by atoms with E-state index in [1.165, 1.54) is 59.2 Å². The monoisotopic (exact) mass is 551 g/mol. The first-order valence-corrected chi connectivity index (χ1v) is 13.4. The topological polar surface area (TPSA) is 152 Å². The van der Waals surface area contributed by atoms with Crippen LogP contribution in [-0.2, 0) is 31.6 Å². The van der Waals surface area contributed by atoms with E-state index in [1.54, 1.807) is 10.2 Å². The van der Waals surface area contributed by atoms with Gasteiger partial charge in [0.05, 0.1) is 15.6 Å². The molecule has 0 saturated carbocycles. The molecule has 0 fully saturated rings. The lowest BCUT2D eigenvalue weighted by molar-refractivity contribution is -0.133. The lowest BCUT2D eigenvalue weighted by Crippen LogP contribution is -2.48. The molecule has 0 aliphatic carbocycles. The maximum atomic E-state index is 13.1. The van der Waals surface area contributed by atoms with Crippen LogP contribution in [0.15, 0.2) is 72.1 Å². The quantitative estimate of drug-likeness (QED) is 0.246. The van der Waals surface area contributed by atoms with E-state index < -0.39 is 43.6 Å². The van der Waals surface area contributed by atoms with E-state index in [4.69, 9.17) is 16.3 Å². The molecule has 0 saturated heterocycles. The molecule has 1 aliphatic rings. The molecule has 3 aromatic rings. The fourth-order valence-corrected chi connectivity index (χ4v) is 6.92. The lowest BCUT2D eigenvalue weighted by Gasteiger charge is -2.29. The van der Waals surface area contributed by atoms with Gasteiger partial charge in [-0.15, -0.1) is 6.58 Å². The molecule has 2 N–H and O–H groups in total. The number of benzene rings is 2. The molecule has 0 amide bonds. The van der Waals surface area contributed by atoms with Crippen molar-refractivity contribution in [2.75, 3.05) is 10.8 Å². The van der Waals surface area contributed by atoms with Crippen molar-refractivity contribution in [1.82, 2.24) is 8.69 Å². The minimum atomic E-state index is -4.81. The van der Waals surface area contributed by atoms with Crippen molar-refractivity contribution < 1.29 is 36.3 Å². The summed E-state index contributed by atoms with van der Waals surface area (Å²) in [5.74, 6) is -2.34. The van der Waals surface area contributed by atoms with Gasteiger partial charge in [-0.2, -0.15) is 8.42 Å². The molecule has 1 aromatic heterocycles. The number of esters is 1. The first-order chi connectivity index (χ1) is 16.9. The van der Waals surface area contributed by atoms with Gasteiger partial charge in [0.15, 0.2) is 5.75 Å². The molecule has 1 aliphatic heterocycles. The Kier molecular flexibility index (Phi) is 6.66. The van der Waals surface area contributed by atoms with Gasteiger partial charge < -0.3 is 14.4 Å². The number of hydrogen-bond donors (Lipinski definition) is 2. The highest BCUT2D eigenvalue weighted by Gasteiger charge is 2.37. The lowest BCUT2D eigenvalue weighted by atomic mass is 10.1. The van der Waals surface area contributed by atoms with E-state index >= 15 is 0 Å². The molecule has 0 radical (unpaired) electrons. The zero-order valence-corrected chi connectivity index (χ0v) is 20.7. The Morgan fingerprint density at radius 1 is 1.14 bits per heavy atom. The van der Waals surface area contributed by atoms with Crippen LogP contribution in [0.2, 0.25) is 5.02 Å². The normalized spacial score (nSPS) is 13.7. The molecular formula is C22H18ClN3O8S2. The zero-order valence-electron chi connectivity index (χ0n) is 18.3. The number of hydrogen-bond acceptors (Lipinski definition) is 7. The highest BCUT2D eigenvalue weighted by atomic mass is 35.5. The number of aromatic carboxylic acids is 1. The first kappa shape index (κ1) is 25.4. The number of halogens is 1. The SMILES string of the molecule is C=CCn1c(C(=O)O)ccc1-c1cccc(S(=O)(=O)NS(=O)(=O)N2CC(=O)Oc3c(Cl)cccc32)c1. The highest BCUT2D eigenvalue weighted by Crippen LogP contribution is 2.39. The van der Waals surface area contributed by atoms with Crippen LogP contribution in [0, 0.1) is 0 Å². The molecule has 4 rings (SSSR count). The van der Waals surface area contributed by atoms with Gasteiger partial charge in [-0.05, 0) is 42.0 Å². The van der Waals surface area contributed by atoms with Crippen LogP contribution in [0.4, 0.5) is 5.69 Å². The number of sulfonamides is 1. The Hall–Kier alpha value is -3.65. The van der Waals surface area contributed by atoms with Crippen molar-refractivity contribution in [3.05, 3.63) is 78.0 Å². The Balaban J connectivity index is 1.71. The number of para-hydroxylation sites is 1. The Morgan fingerprint density at radius 2 is 1.86 bits per heavy atom. The summed E-state index contributed by atoms with van der Waals surface area (Å²) in [6.45, 7) is 2.97. The number of carbonyl (C=O) groups excluding carboxylic acids is 1. The number of carbonyl (C=O) groups is 2. The number of anilines is 1. The van der Waals surface area contributed by atoms with Gasteiger partial charge in [-0.25, -0.2) is 22.3 Å². The van der Waals surface area contributed by atoms with Crippen LogP contribution in [0.1, 0.15) is 10.5 Å². The largest absolute Gasteiger partial charge is 0.477 e. The minimum Gasteiger partial charge on any atom is -0.477 e. The average molecular weight is 552 g/mol. The van der Waals surface area contributed by atoms with Crippen molar-refractivity contribution in [3.8, 4) is 17.0 Å². The average Bonchev–Trinajstić information content (AvgIpc) is 3.23. The van der Waals surface area contributed by atoms with Gasteiger partial charge in [0.25, 0.3) is 10.0 Å². The number of fused-ring (bicyclic) bond motifs is 1. The predicted molar refractivity (Wildman–Crippen MR) is 131 cm³/mol. The Labute approximate surface area is 211 Å². The molecule has 11 nitrogen and oxygen atoms in total. The maximum Gasteiger partial charge on any atom is 0.352 e. The Bertz CT molecular complexity index is 1610. The van der Waals surface area contributed by atoms with Gasteiger partial charge in [0.1, 0.15) is 12.2 Å². The van der Waals surface area contributed by atoms with Crippen LogP contribution >= 0.6 is 11.6 Å². The summed E-state index contributed by atoms with van der Waals surface area (Å²) in [7, 11) is -9.49. The van der Waals surface area contributed by atoms with E-state index in [9.17, 15) is 31.5 Å². The van der Waals surface area contributed by atoms with Crippen molar-refractivity contribution in [1.29, 1.82) is 0 Å². The number of nitrogens with one attached hydrogen (secondary N) is 1. The van der Waals surface area contributed by atoms with Crippen molar-refractivity contribution in [2.24, 2.45) is 0 Å². The van der Waals surface area contributed by atoms with Gasteiger partial charge in [0.2, 0.25) is 0 Å². The molecule has 0 atom stereocenters. The molecule has 36 heavy (non-hydrogen) atoms. The summed E-state index contributed by atoms with van der Waals surface area (Å²) >= 11 is 6.00. The van der Waals surface area contributed by atoms with Gasteiger partial charge in [0, 0.05) is 12.2 Å². The molecule has 0 spiro atoms.